The van der Waals surface area contributed by atoms with Crippen LogP contribution in [0.2, 0.25) is 0 Å². The number of aromatic nitrogens is 2. The summed E-state index contributed by atoms with van der Waals surface area (Å²) in [5, 5.41) is 0. The molecule has 2 aromatic rings. The van der Waals surface area contributed by atoms with Gasteiger partial charge in [0.15, 0.2) is 0 Å². The average Bonchev–Trinajstić information content (AvgIpc) is 2.73. The molecule has 0 radical (unpaired) electrons. The van der Waals surface area contributed by atoms with Gasteiger partial charge in [0.2, 0.25) is 0 Å². The summed E-state index contributed by atoms with van der Waals surface area (Å²) >= 11 is 0. The molecule has 2 rings (SSSR count). The molecular weight excluding hydrogens is 194 g/mol. The Balaban J connectivity index is 2.39. The van der Waals surface area contributed by atoms with Gasteiger partial charge in [-0.25, -0.2) is 10.8 Å². The van der Waals surface area contributed by atoms with Gasteiger partial charge in [0.25, 0.3) is 5.91 Å². The smallest absolute Gasteiger partial charge is 0.255 e. The molecule has 1 aromatic heterocycles. The molecule has 6 N–H and O–H groups in total. The lowest BCUT2D eigenvalue weighted by Crippen LogP contribution is -2.38. The van der Waals surface area contributed by atoms with Crippen LogP contribution in [0.4, 0.5) is 0 Å². The van der Waals surface area contributed by atoms with Crippen molar-refractivity contribution >= 4 is 16.9 Å². The molecule has 0 bridgehead atoms. The molecule has 0 fully saturated rings. The van der Waals surface area contributed by atoms with Crippen LogP contribution in [0.5, 0.6) is 0 Å². The van der Waals surface area contributed by atoms with E-state index in [1.54, 1.807) is 24.5 Å². The van der Waals surface area contributed by atoms with Crippen molar-refractivity contribution in [2.75, 3.05) is 0 Å². The van der Waals surface area contributed by atoms with E-state index in [1.807, 2.05) is 5.43 Å². The molecule has 1 atom stereocenters. The molecule has 6 heteroatoms. The number of fused-ring (bicyclic) bond motifs is 1. The standard InChI is InChI=1S/C9H11N5O/c10-8(9(15)14-11)5-1-2-6-7(3-5)13-4-12-6/h1-4,8H,10-11H2,(H,12,13)(H,14,15). The van der Waals surface area contributed by atoms with E-state index in [0.29, 0.717) is 5.56 Å². The number of hydrazine groups is 1. The van der Waals surface area contributed by atoms with Gasteiger partial charge in [-0.05, 0) is 17.7 Å². The number of nitrogens with zero attached hydrogens (tertiary/aromatic N) is 1. The average molecular weight is 205 g/mol. The second kappa shape index (κ2) is 3.68. The van der Waals surface area contributed by atoms with Crippen molar-refractivity contribution in [3.05, 3.63) is 30.1 Å². The molecule has 1 unspecified atom stereocenters. The fraction of sp³-hybridized carbons (Fsp3) is 0.111. The summed E-state index contributed by atoms with van der Waals surface area (Å²) in [5.41, 5.74) is 10.1. The first-order valence-corrected chi connectivity index (χ1v) is 4.41. The summed E-state index contributed by atoms with van der Waals surface area (Å²) in [6, 6.07) is 4.57. The molecule has 0 spiro atoms. The van der Waals surface area contributed by atoms with Crippen LogP contribution in [0.15, 0.2) is 24.5 Å². The van der Waals surface area contributed by atoms with E-state index in [4.69, 9.17) is 11.6 Å². The zero-order valence-electron chi connectivity index (χ0n) is 7.90. The van der Waals surface area contributed by atoms with E-state index in [0.717, 1.165) is 11.0 Å². The van der Waals surface area contributed by atoms with E-state index in [2.05, 4.69) is 9.97 Å². The first-order chi connectivity index (χ1) is 7.22. The van der Waals surface area contributed by atoms with Gasteiger partial charge in [0.1, 0.15) is 6.04 Å². The summed E-state index contributed by atoms with van der Waals surface area (Å²) in [6.45, 7) is 0. The van der Waals surface area contributed by atoms with Crippen molar-refractivity contribution < 1.29 is 4.79 Å². The van der Waals surface area contributed by atoms with Crippen molar-refractivity contribution in [3.8, 4) is 0 Å². The Bertz CT molecular complexity index is 492. The first-order valence-electron chi connectivity index (χ1n) is 4.41. The maximum Gasteiger partial charge on any atom is 0.255 e. The van der Waals surface area contributed by atoms with Crippen molar-refractivity contribution in [1.29, 1.82) is 0 Å². The fourth-order valence-corrected chi connectivity index (χ4v) is 1.39. The van der Waals surface area contributed by atoms with Crippen LogP contribution in [0.25, 0.3) is 11.0 Å². The zero-order valence-corrected chi connectivity index (χ0v) is 7.90. The highest BCUT2D eigenvalue weighted by Crippen LogP contribution is 2.16. The van der Waals surface area contributed by atoms with Crippen LogP contribution >= 0.6 is 0 Å². The number of carbonyl (C=O) groups is 1. The fourth-order valence-electron chi connectivity index (χ4n) is 1.39. The third-order valence-electron chi connectivity index (χ3n) is 2.23. The monoisotopic (exact) mass is 205 g/mol. The Labute approximate surface area is 85.6 Å². The highest BCUT2D eigenvalue weighted by atomic mass is 16.2. The molecule has 1 aromatic carbocycles. The number of carbonyl (C=O) groups excluding carboxylic acids is 1. The Kier molecular flexibility index (Phi) is 2.36. The number of benzene rings is 1. The highest BCUT2D eigenvalue weighted by molar-refractivity contribution is 5.84. The Morgan fingerprint density at radius 1 is 1.53 bits per heavy atom. The van der Waals surface area contributed by atoms with E-state index in [-0.39, 0.29) is 0 Å². The third kappa shape index (κ3) is 1.67. The number of amides is 1. The summed E-state index contributed by atoms with van der Waals surface area (Å²) in [4.78, 5) is 18.2. The van der Waals surface area contributed by atoms with Crippen LogP contribution in [0, 0.1) is 0 Å². The minimum Gasteiger partial charge on any atom is -0.345 e. The predicted molar refractivity (Wildman–Crippen MR) is 55.4 cm³/mol. The number of nitrogens with two attached hydrogens (primary N) is 2. The molecule has 0 saturated heterocycles. The van der Waals surface area contributed by atoms with Crippen molar-refractivity contribution in [2.45, 2.75) is 6.04 Å². The second-order valence-electron chi connectivity index (χ2n) is 3.17. The predicted octanol–water partition coefficient (Wildman–Crippen LogP) is -0.447. The molecule has 15 heavy (non-hydrogen) atoms. The van der Waals surface area contributed by atoms with Crippen LogP contribution in [0.3, 0.4) is 0 Å². The maximum absolute atomic E-state index is 11.2. The summed E-state index contributed by atoms with van der Waals surface area (Å²) in [6.07, 6.45) is 1.59. The van der Waals surface area contributed by atoms with Gasteiger partial charge in [-0.15, -0.1) is 0 Å². The number of hydrogen-bond donors (Lipinski definition) is 4. The molecule has 1 amide bonds. The van der Waals surface area contributed by atoms with Gasteiger partial charge in [-0.1, -0.05) is 6.07 Å². The summed E-state index contributed by atoms with van der Waals surface area (Å²) < 4.78 is 0. The third-order valence-corrected chi connectivity index (χ3v) is 2.23. The van der Waals surface area contributed by atoms with Gasteiger partial charge < -0.3 is 10.7 Å². The lowest BCUT2D eigenvalue weighted by Gasteiger charge is -2.09. The molecule has 0 saturated carbocycles. The molecule has 1 heterocycles. The lowest BCUT2D eigenvalue weighted by atomic mass is 10.1. The van der Waals surface area contributed by atoms with Crippen LogP contribution in [-0.4, -0.2) is 15.9 Å². The van der Waals surface area contributed by atoms with Crippen LogP contribution in [-0.2, 0) is 4.79 Å². The lowest BCUT2D eigenvalue weighted by molar-refractivity contribution is -0.122. The Hall–Kier alpha value is -1.92. The molecule has 0 aliphatic heterocycles. The molecular formula is C9H11N5O. The number of hydrogen-bond acceptors (Lipinski definition) is 4. The number of aromatic amines is 1. The van der Waals surface area contributed by atoms with Gasteiger partial charge in [0, 0.05) is 0 Å². The number of H-pyrrole nitrogens is 1. The number of rotatable bonds is 2. The topological polar surface area (TPSA) is 110 Å². The highest BCUT2D eigenvalue weighted by Gasteiger charge is 2.14. The quantitative estimate of drug-likeness (QED) is 0.302. The summed E-state index contributed by atoms with van der Waals surface area (Å²) in [7, 11) is 0. The number of imidazole rings is 1. The minimum absolute atomic E-state index is 0.422. The molecule has 6 nitrogen and oxygen atoms in total. The van der Waals surface area contributed by atoms with Gasteiger partial charge in [-0.3, -0.25) is 10.2 Å². The number of nitrogens with one attached hydrogen (secondary N) is 2. The van der Waals surface area contributed by atoms with E-state index >= 15 is 0 Å². The molecule has 78 valence electrons. The largest absolute Gasteiger partial charge is 0.345 e. The van der Waals surface area contributed by atoms with E-state index in [9.17, 15) is 4.79 Å². The Morgan fingerprint density at radius 2 is 2.33 bits per heavy atom. The molecule has 0 aliphatic rings. The maximum atomic E-state index is 11.2. The SMILES string of the molecule is NNC(=O)C(N)c1ccc2nc[nH]c2c1. The van der Waals surface area contributed by atoms with E-state index in [1.165, 1.54) is 0 Å². The zero-order chi connectivity index (χ0) is 10.8. The van der Waals surface area contributed by atoms with Gasteiger partial charge >= 0.3 is 0 Å². The van der Waals surface area contributed by atoms with Crippen molar-refractivity contribution in [2.24, 2.45) is 11.6 Å². The van der Waals surface area contributed by atoms with Gasteiger partial charge in [0.05, 0.1) is 17.4 Å². The van der Waals surface area contributed by atoms with E-state index < -0.39 is 11.9 Å². The van der Waals surface area contributed by atoms with Crippen LogP contribution in [0.1, 0.15) is 11.6 Å². The van der Waals surface area contributed by atoms with Crippen molar-refractivity contribution in [1.82, 2.24) is 15.4 Å². The Morgan fingerprint density at radius 3 is 3.07 bits per heavy atom. The van der Waals surface area contributed by atoms with Crippen LogP contribution < -0.4 is 17.0 Å². The van der Waals surface area contributed by atoms with Gasteiger partial charge in [-0.2, -0.15) is 0 Å². The minimum atomic E-state index is -0.761. The first kappa shape index (κ1) is 9.63. The second-order valence-corrected chi connectivity index (χ2v) is 3.17. The normalized spacial score (nSPS) is 12.7. The summed E-state index contributed by atoms with van der Waals surface area (Å²) in [5.74, 6) is 4.58. The molecule has 0 aliphatic carbocycles. The van der Waals surface area contributed by atoms with Crippen molar-refractivity contribution in [3.63, 3.8) is 0 Å².